The van der Waals surface area contributed by atoms with Crippen LogP contribution in [0, 0.1) is 6.92 Å². The first kappa shape index (κ1) is 21.4. The van der Waals surface area contributed by atoms with E-state index in [-0.39, 0.29) is 22.7 Å². The van der Waals surface area contributed by atoms with Gasteiger partial charge >= 0.3 is 6.18 Å². The van der Waals surface area contributed by atoms with Gasteiger partial charge in [-0.3, -0.25) is 4.90 Å². The molecule has 0 saturated carbocycles. The van der Waals surface area contributed by atoms with Crippen molar-refractivity contribution >= 4 is 11.1 Å². The van der Waals surface area contributed by atoms with E-state index in [4.69, 9.17) is 14.0 Å². The second-order valence-corrected chi connectivity index (χ2v) is 7.82. The average molecular weight is 435 g/mol. The molecule has 0 unspecified atom stereocenters. The van der Waals surface area contributed by atoms with E-state index in [1.165, 1.54) is 6.92 Å². The zero-order chi connectivity index (χ0) is 22.2. The molecule has 3 heterocycles. The summed E-state index contributed by atoms with van der Waals surface area (Å²) in [5, 5.41) is 4.01. The monoisotopic (exact) mass is 435 g/mol. The van der Waals surface area contributed by atoms with E-state index >= 15 is 0 Å². The van der Waals surface area contributed by atoms with Crippen LogP contribution in [0.5, 0.6) is 11.5 Å². The number of likely N-dealkylation sites (tertiary alicyclic amines) is 1. The fourth-order valence-corrected chi connectivity index (χ4v) is 4.26. The molecule has 0 radical (unpaired) electrons. The van der Waals surface area contributed by atoms with Crippen LogP contribution < -0.4 is 9.47 Å². The van der Waals surface area contributed by atoms with Crippen molar-refractivity contribution in [2.45, 2.75) is 38.4 Å². The Balaban J connectivity index is 1.60. The van der Waals surface area contributed by atoms with Crippen LogP contribution in [0.25, 0.3) is 11.1 Å². The summed E-state index contributed by atoms with van der Waals surface area (Å²) in [5.41, 5.74) is 0.840. The van der Waals surface area contributed by atoms with Gasteiger partial charge in [-0.2, -0.15) is 13.2 Å². The fourth-order valence-electron chi connectivity index (χ4n) is 4.26. The molecule has 4 rings (SSSR count). The third-order valence-corrected chi connectivity index (χ3v) is 5.65. The highest BCUT2D eigenvalue weighted by Crippen LogP contribution is 2.40. The number of methoxy groups -OCH3 is 2. The number of halogens is 3. The van der Waals surface area contributed by atoms with Crippen LogP contribution in [0.2, 0.25) is 0 Å². The van der Waals surface area contributed by atoms with E-state index in [2.05, 4.69) is 15.0 Å². The second kappa shape index (κ2) is 8.37. The molecular formula is C22H24F3N3O3. The molecule has 2 aromatic heterocycles. The molecule has 0 aliphatic carbocycles. The predicted octanol–water partition coefficient (Wildman–Crippen LogP) is 4.95. The molecule has 1 aliphatic heterocycles. The quantitative estimate of drug-likeness (QED) is 0.565. The molecule has 0 amide bonds. The maximum absolute atomic E-state index is 13.7. The fraction of sp³-hybridized carbons (Fsp3) is 0.455. The van der Waals surface area contributed by atoms with Gasteiger partial charge in [-0.25, -0.2) is 4.98 Å². The lowest BCUT2D eigenvalue weighted by Gasteiger charge is -2.32. The van der Waals surface area contributed by atoms with Crippen LogP contribution in [-0.4, -0.2) is 42.3 Å². The molecule has 3 aromatic rings. The average Bonchev–Trinajstić information content (AvgIpc) is 3.16. The summed E-state index contributed by atoms with van der Waals surface area (Å²) in [5.74, 6) is 1.13. The lowest BCUT2D eigenvalue weighted by Crippen LogP contribution is -2.34. The number of aryl methyl sites for hydroxylation is 1. The van der Waals surface area contributed by atoms with Crippen LogP contribution >= 0.6 is 0 Å². The first-order valence-corrected chi connectivity index (χ1v) is 10.1. The number of fused-ring (bicyclic) bond motifs is 1. The van der Waals surface area contributed by atoms with E-state index in [0.29, 0.717) is 30.3 Å². The van der Waals surface area contributed by atoms with Gasteiger partial charge in [0.05, 0.1) is 30.9 Å². The first-order chi connectivity index (χ1) is 14.8. The Bertz CT molecular complexity index is 1080. The number of piperidine rings is 1. The van der Waals surface area contributed by atoms with Gasteiger partial charge in [0.15, 0.2) is 11.5 Å². The van der Waals surface area contributed by atoms with Gasteiger partial charge < -0.3 is 14.0 Å². The Morgan fingerprint density at radius 3 is 2.65 bits per heavy atom. The zero-order valence-corrected chi connectivity index (χ0v) is 17.6. The van der Waals surface area contributed by atoms with Gasteiger partial charge in [-0.15, -0.1) is 0 Å². The Morgan fingerprint density at radius 1 is 1.16 bits per heavy atom. The topological polar surface area (TPSA) is 60.6 Å². The van der Waals surface area contributed by atoms with Crippen LogP contribution in [0.4, 0.5) is 13.2 Å². The van der Waals surface area contributed by atoms with Crippen LogP contribution in [-0.2, 0) is 12.7 Å². The summed E-state index contributed by atoms with van der Waals surface area (Å²) in [4.78, 5) is 6.33. The largest absolute Gasteiger partial charge is 0.493 e. The zero-order valence-electron chi connectivity index (χ0n) is 17.6. The SMILES string of the molecule is COc1ccc(CN2CCC[C@@H](c3noc4nc(C)cc(C(F)(F)F)c34)C2)cc1OC. The molecule has 1 saturated heterocycles. The summed E-state index contributed by atoms with van der Waals surface area (Å²) in [6, 6.07) is 6.80. The Kier molecular flexibility index (Phi) is 5.79. The summed E-state index contributed by atoms with van der Waals surface area (Å²) in [7, 11) is 3.17. The number of rotatable bonds is 5. The summed E-state index contributed by atoms with van der Waals surface area (Å²) < 4.78 is 56.9. The van der Waals surface area contributed by atoms with E-state index in [1.807, 2.05) is 18.2 Å². The molecule has 9 heteroatoms. The number of alkyl halides is 3. The van der Waals surface area contributed by atoms with Gasteiger partial charge in [0, 0.05) is 24.7 Å². The minimum atomic E-state index is -4.50. The van der Waals surface area contributed by atoms with Crippen LogP contribution in [0.15, 0.2) is 28.8 Å². The molecule has 166 valence electrons. The Morgan fingerprint density at radius 2 is 1.94 bits per heavy atom. The van der Waals surface area contributed by atoms with Crippen LogP contribution in [0.1, 0.15) is 41.3 Å². The molecule has 1 aliphatic rings. The summed E-state index contributed by atoms with van der Waals surface area (Å²) in [6.45, 7) is 3.60. The van der Waals surface area contributed by atoms with Crippen molar-refractivity contribution in [1.82, 2.24) is 15.0 Å². The molecule has 6 nitrogen and oxygen atoms in total. The molecule has 1 atom stereocenters. The number of hydrogen-bond acceptors (Lipinski definition) is 6. The van der Waals surface area contributed by atoms with Crippen molar-refractivity contribution in [3.63, 3.8) is 0 Å². The van der Waals surface area contributed by atoms with Gasteiger partial charge in [-0.05, 0) is 50.1 Å². The smallest absolute Gasteiger partial charge is 0.417 e. The van der Waals surface area contributed by atoms with Crippen molar-refractivity contribution in [2.24, 2.45) is 0 Å². The van der Waals surface area contributed by atoms with Crippen molar-refractivity contribution in [1.29, 1.82) is 0 Å². The maximum atomic E-state index is 13.7. The lowest BCUT2D eigenvalue weighted by molar-refractivity contribution is -0.136. The highest BCUT2D eigenvalue weighted by molar-refractivity contribution is 5.81. The van der Waals surface area contributed by atoms with Crippen molar-refractivity contribution < 1.29 is 27.2 Å². The molecule has 0 spiro atoms. The van der Waals surface area contributed by atoms with Crippen LogP contribution in [0.3, 0.4) is 0 Å². The molecule has 31 heavy (non-hydrogen) atoms. The first-order valence-electron chi connectivity index (χ1n) is 10.1. The van der Waals surface area contributed by atoms with E-state index in [1.54, 1.807) is 14.2 Å². The number of nitrogens with zero attached hydrogens (tertiary/aromatic N) is 3. The minimum Gasteiger partial charge on any atom is -0.493 e. The Hall–Kier alpha value is -2.81. The number of pyridine rings is 1. The maximum Gasteiger partial charge on any atom is 0.417 e. The van der Waals surface area contributed by atoms with Gasteiger partial charge in [0.1, 0.15) is 0 Å². The van der Waals surface area contributed by atoms with Gasteiger partial charge in [-0.1, -0.05) is 11.2 Å². The standard InChI is InChI=1S/C22H24F3N3O3/c1-13-9-16(22(23,24)25)19-20(27-31-21(19)26-13)15-5-4-8-28(12-15)11-14-6-7-17(29-2)18(10-14)30-3/h6-7,9-10,15H,4-5,8,11-12H2,1-3H3/t15-/m1/s1. The number of ether oxygens (including phenoxy) is 2. The second-order valence-electron chi connectivity index (χ2n) is 7.82. The minimum absolute atomic E-state index is 0.0175. The van der Waals surface area contributed by atoms with Gasteiger partial charge in [0.2, 0.25) is 0 Å². The Labute approximate surface area is 177 Å². The number of benzene rings is 1. The van der Waals surface area contributed by atoms with E-state index in [9.17, 15) is 13.2 Å². The summed E-state index contributed by atoms with van der Waals surface area (Å²) in [6.07, 6.45) is -2.90. The van der Waals surface area contributed by atoms with E-state index in [0.717, 1.165) is 31.0 Å². The predicted molar refractivity (Wildman–Crippen MR) is 108 cm³/mol. The number of aromatic nitrogens is 2. The third kappa shape index (κ3) is 4.32. The third-order valence-electron chi connectivity index (χ3n) is 5.65. The summed E-state index contributed by atoms with van der Waals surface area (Å²) >= 11 is 0. The van der Waals surface area contributed by atoms with E-state index < -0.39 is 11.7 Å². The van der Waals surface area contributed by atoms with Crippen molar-refractivity contribution in [3.05, 3.63) is 46.8 Å². The normalized spacial score (nSPS) is 17.8. The molecule has 0 N–H and O–H groups in total. The van der Waals surface area contributed by atoms with Crippen molar-refractivity contribution in [3.8, 4) is 11.5 Å². The molecule has 0 bridgehead atoms. The highest BCUT2D eigenvalue weighted by atomic mass is 19.4. The van der Waals surface area contributed by atoms with Gasteiger partial charge in [0.25, 0.3) is 5.71 Å². The van der Waals surface area contributed by atoms with Crippen molar-refractivity contribution in [2.75, 3.05) is 27.3 Å². The molecule has 1 fully saturated rings. The number of hydrogen-bond donors (Lipinski definition) is 0. The lowest BCUT2D eigenvalue weighted by atomic mass is 9.91. The molecule has 1 aromatic carbocycles. The molecular weight excluding hydrogens is 411 g/mol. The highest BCUT2D eigenvalue weighted by Gasteiger charge is 2.37.